The van der Waals surface area contributed by atoms with E-state index >= 15 is 0 Å². The quantitative estimate of drug-likeness (QED) is 0.733. The summed E-state index contributed by atoms with van der Waals surface area (Å²) in [5.41, 5.74) is 1.76. The molecule has 0 saturated heterocycles. The van der Waals surface area contributed by atoms with Crippen LogP contribution < -0.4 is 0 Å². The first-order valence-corrected chi connectivity index (χ1v) is 6.85. The molecule has 0 unspecified atom stereocenters. The van der Waals surface area contributed by atoms with Crippen molar-refractivity contribution < 1.29 is 0 Å². The van der Waals surface area contributed by atoms with Gasteiger partial charge >= 0.3 is 0 Å². The van der Waals surface area contributed by atoms with Crippen LogP contribution in [0.4, 0.5) is 0 Å². The van der Waals surface area contributed by atoms with E-state index in [2.05, 4.69) is 28.1 Å². The van der Waals surface area contributed by atoms with Crippen LogP contribution in [0.5, 0.6) is 0 Å². The fourth-order valence-electron chi connectivity index (χ4n) is 1.88. The minimum Gasteiger partial charge on any atom is -0.255 e. The fraction of sp³-hybridized carbons (Fsp3) is 0.231. The highest BCUT2D eigenvalue weighted by Crippen LogP contribution is 2.25. The molecule has 0 aliphatic carbocycles. The molecule has 0 aliphatic heterocycles. The van der Waals surface area contributed by atoms with Crippen LogP contribution in [0.15, 0.2) is 24.4 Å². The maximum Gasteiger partial charge on any atom is 0.214 e. The van der Waals surface area contributed by atoms with E-state index in [0.717, 1.165) is 22.8 Å². The van der Waals surface area contributed by atoms with Crippen molar-refractivity contribution in [2.24, 2.45) is 0 Å². The molecule has 0 amide bonds. The van der Waals surface area contributed by atoms with Crippen LogP contribution in [0.25, 0.3) is 16.3 Å². The summed E-state index contributed by atoms with van der Waals surface area (Å²) < 4.78 is 1.62. The summed E-state index contributed by atoms with van der Waals surface area (Å²) >= 11 is 1.53. The third kappa shape index (κ3) is 1.98. The molecule has 19 heavy (non-hydrogen) atoms. The van der Waals surface area contributed by atoms with E-state index in [9.17, 15) is 5.26 Å². The second-order valence-electron chi connectivity index (χ2n) is 4.08. The number of rotatable bonds is 3. The van der Waals surface area contributed by atoms with E-state index in [1.807, 2.05) is 18.2 Å². The standard InChI is InChI=1S/C13H11N5S/c1-2-5-11-17-18-10(8-14)12(16-13(18)19-11)9-6-3-4-7-15-9/h3-4,6-7H,2,5H2,1H3. The largest absolute Gasteiger partial charge is 0.255 e. The lowest BCUT2D eigenvalue weighted by atomic mass is 10.2. The lowest BCUT2D eigenvalue weighted by molar-refractivity contribution is 0.843. The molecule has 0 aliphatic rings. The molecule has 0 spiro atoms. The van der Waals surface area contributed by atoms with Gasteiger partial charge in [0.2, 0.25) is 4.96 Å². The van der Waals surface area contributed by atoms with Crippen LogP contribution in [0.1, 0.15) is 24.0 Å². The first-order valence-electron chi connectivity index (χ1n) is 6.03. The maximum atomic E-state index is 9.33. The summed E-state index contributed by atoms with van der Waals surface area (Å²) in [4.78, 5) is 9.48. The normalized spacial score (nSPS) is 10.7. The molecule has 0 fully saturated rings. The van der Waals surface area contributed by atoms with Crippen LogP contribution in [-0.4, -0.2) is 19.6 Å². The molecule has 3 heterocycles. The van der Waals surface area contributed by atoms with Gasteiger partial charge in [0.05, 0.1) is 5.69 Å². The monoisotopic (exact) mass is 269 g/mol. The first kappa shape index (κ1) is 11.8. The summed E-state index contributed by atoms with van der Waals surface area (Å²) in [5.74, 6) is 0. The molecule has 6 heteroatoms. The van der Waals surface area contributed by atoms with Gasteiger partial charge in [0.15, 0.2) is 5.69 Å². The van der Waals surface area contributed by atoms with Crippen molar-refractivity contribution in [3.63, 3.8) is 0 Å². The van der Waals surface area contributed by atoms with E-state index in [1.54, 1.807) is 10.7 Å². The topological polar surface area (TPSA) is 66.9 Å². The minimum atomic E-state index is 0.451. The number of aryl methyl sites for hydroxylation is 1. The molecular weight excluding hydrogens is 258 g/mol. The van der Waals surface area contributed by atoms with Crippen molar-refractivity contribution in [2.45, 2.75) is 19.8 Å². The Morgan fingerprint density at radius 1 is 1.42 bits per heavy atom. The second kappa shape index (κ2) is 4.78. The number of nitriles is 1. The van der Waals surface area contributed by atoms with Gasteiger partial charge in [0.25, 0.3) is 0 Å². The van der Waals surface area contributed by atoms with Gasteiger partial charge in [-0.3, -0.25) is 4.98 Å². The molecule has 0 saturated carbocycles. The average molecular weight is 269 g/mol. The zero-order valence-electron chi connectivity index (χ0n) is 10.4. The Morgan fingerprint density at radius 3 is 3.00 bits per heavy atom. The van der Waals surface area contributed by atoms with Crippen LogP contribution in [0.3, 0.4) is 0 Å². The van der Waals surface area contributed by atoms with Gasteiger partial charge < -0.3 is 0 Å². The van der Waals surface area contributed by atoms with Crippen molar-refractivity contribution in [3.8, 4) is 17.5 Å². The molecule has 0 aromatic carbocycles. The minimum absolute atomic E-state index is 0.451. The van der Waals surface area contributed by atoms with Crippen molar-refractivity contribution in [3.05, 3.63) is 35.1 Å². The number of nitrogens with zero attached hydrogens (tertiary/aromatic N) is 5. The van der Waals surface area contributed by atoms with Crippen LogP contribution in [-0.2, 0) is 6.42 Å². The van der Waals surface area contributed by atoms with Crippen LogP contribution in [0, 0.1) is 11.3 Å². The fourth-order valence-corrected chi connectivity index (χ4v) is 2.88. The predicted octanol–water partition coefficient (Wildman–Crippen LogP) is 2.68. The zero-order chi connectivity index (χ0) is 13.2. The molecule has 5 nitrogen and oxygen atoms in total. The first-order chi connectivity index (χ1) is 9.33. The van der Waals surface area contributed by atoms with E-state index in [-0.39, 0.29) is 0 Å². The highest BCUT2D eigenvalue weighted by molar-refractivity contribution is 7.16. The Balaban J connectivity index is 2.17. The maximum absolute atomic E-state index is 9.33. The number of fused-ring (bicyclic) bond motifs is 1. The predicted molar refractivity (Wildman–Crippen MR) is 72.8 cm³/mol. The van der Waals surface area contributed by atoms with Crippen molar-refractivity contribution >= 4 is 16.3 Å². The molecule has 0 atom stereocenters. The summed E-state index contributed by atoms with van der Waals surface area (Å²) in [6.07, 6.45) is 3.64. The Morgan fingerprint density at radius 2 is 2.32 bits per heavy atom. The molecular formula is C13H11N5S. The summed E-state index contributed by atoms with van der Waals surface area (Å²) in [7, 11) is 0. The molecule has 94 valence electrons. The van der Waals surface area contributed by atoms with E-state index in [1.165, 1.54) is 11.3 Å². The summed E-state index contributed by atoms with van der Waals surface area (Å²) in [6, 6.07) is 7.75. The van der Waals surface area contributed by atoms with Gasteiger partial charge in [-0.1, -0.05) is 24.3 Å². The van der Waals surface area contributed by atoms with E-state index in [0.29, 0.717) is 17.1 Å². The lowest BCUT2D eigenvalue weighted by Crippen LogP contribution is -1.93. The summed E-state index contributed by atoms with van der Waals surface area (Å²) in [5, 5.41) is 14.8. The second-order valence-corrected chi connectivity index (χ2v) is 5.12. The molecule has 0 N–H and O–H groups in total. The SMILES string of the molecule is CCCc1nn2c(C#N)c(-c3ccccn3)nc2s1. The molecule has 0 bridgehead atoms. The van der Waals surface area contributed by atoms with Gasteiger partial charge in [-0.15, -0.1) is 0 Å². The molecule has 3 aromatic heterocycles. The number of aromatic nitrogens is 4. The zero-order valence-corrected chi connectivity index (χ0v) is 11.2. The Labute approximate surface area is 114 Å². The van der Waals surface area contributed by atoms with Gasteiger partial charge in [-0.2, -0.15) is 14.9 Å². The average Bonchev–Trinajstić information content (AvgIpc) is 2.96. The van der Waals surface area contributed by atoms with Gasteiger partial charge in [-0.05, 0) is 18.6 Å². The Bertz CT molecular complexity index is 751. The summed E-state index contributed by atoms with van der Waals surface area (Å²) in [6.45, 7) is 2.11. The van der Waals surface area contributed by atoms with E-state index < -0.39 is 0 Å². The highest BCUT2D eigenvalue weighted by atomic mass is 32.1. The van der Waals surface area contributed by atoms with Gasteiger partial charge in [-0.25, -0.2) is 4.98 Å². The smallest absolute Gasteiger partial charge is 0.214 e. The number of imidazole rings is 1. The molecule has 0 radical (unpaired) electrons. The third-order valence-electron chi connectivity index (χ3n) is 2.72. The number of hydrogen-bond acceptors (Lipinski definition) is 5. The van der Waals surface area contributed by atoms with Crippen molar-refractivity contribution in [1.82, 2.24) is 19.6 Å². The Hall–Kier alpha value is -2.26. The van der Waals surface area contributed by atoms with Crippen LogP contribution in [0.2, 0.25) is 0 Å². The molecule has 3 rings (SSSR count). The van der Waals surface area contributed by atoms with Crippen molar-refractivity contribution in [1.29, 1.82) is 5.26 Å². The number of hydrogen-bond donors (Lipinski definition) is 0. The highest BCUT2D eigenvalue weighted by Gasteiger charge is 2.18. The van der Waals surface area contributed by atoms with Crippen LogP contribution >= 0.6 is 11.3 Å². The third-order valence-corrected chi connectivity index (χ3v) is 3.69. The Kier molecular flexibility index (Phi) is 2.97. The van der Waals surface area contributed by atoms with Crippen molar-refractivity contribution in [2.75, 3.05) is 0 Å². The number of pyridine rings is 1. The molecule has 3 aromatic rings. The van der Waals surface area contributed by atoms with E-state index in [4.69, 9.17) is 0 Å². The lowest BCUT2D eigenvalue weighted by Gasteiger charge is -1.95. The van der Waals surface area contributed by atoms with Gasteiger partial charge in [0.1, 0.15) is 16.8 Å². The van der Waals surface area contributed by atoms with Gasteiger partial charge in [0, 0.05) is 12.6 Å².